The Morgan fingerprint density at radius 2 is 1.93 bits per heavy atom. The molecule has 0 unspecified atom stereocenters. The predicted molar refractivity (Wildman–Crippen MR) is 53.6 cm³/mol. The highest BCUT2D eigenvalue weighted by molar-refractivity contribution is 9.10. The van der Waals surface area contributed by atoms with Gasteiger partial charge in [-0.05, 0) is 46.6 Å². The first-order chi connectivity index (χ1) is 6.86. The second kappa shape index (κ2) is 4.40. The molecule has 1 aromatic rings. The van der Waals surface area contributed by atoms with Crippen LogP contribution < -0.4 is 5.73 Å². The second-order valence-corrected chi connectivity index (χ2v) is 3.86. The number of hydrogen-bond acceptors (Lipinski definition) is 2. The van der Waals surface area contributed by atoms with Gasteiger partial charge in [-0.15, -0.1) is 0 Å². The summed E-state index contributed by atoms with van der Waals surface area (Å²) in [5.74, 6) is -0.789. The standard InChI is InChI=1S/C9H9BrF3NO/c10-7-4-5(1-2-14)3-6(8(7)15)9(11,12)13/h3-4,15H,1-2,14H2. The lowest BCUT2D eigenvalue weighted by Gasteiger charge is -2.12. The van der Waals surface area contributed by atoms with Gasteiger partial charge in [-0.2, -0.15) is 13.2 Å². The summed E-state index contributed by atoms with van der Waals surface area (Å²) < 4.78 is 37.3. The molecule has 0 fully saturated rings. The molecule has 0 saturated heterocycles. The van der Waals surface area contributed by atoms with Crippen LogP contribution in [-0.2, 0) is 12.6 Å². The third-order valence-corrected chi connectivity index (χ3v) is 2.47. The first-order valence-electron chi connectivity index (χ1n) is 4.15. The minimum absolute atomic E-state index is 0.0285. The molecule has 0 aliphatic heterocycles. The molecule has 0 saturated carbocycles. The van der Waals surface area contributed by atoms with Crippen molar-refractivity contribution in [3.05, 3.63) is 27.7 Å². The normalized spacial score (nSPS) is 11.8. The summed E-state index contributed by atoms with van der Waals surface area (Å²) in [6.45, 7) is 0.258. The van der Waals surface area contributed by atoms with Gasteiger partial charge in [0.2, 0.25) is 0 Å². The number of halogens is 4. The number of alkyl halides is 3. The summed E-state index contributed by atoms with van der Waals surface area (Å²) in [5, 5.41) is 9.23. The predicted octanol–water partition coefficient (Wildman–Crippen LogP) is 2.67. The first-order valence-corrected chi connectivity index (χ1v) is 4.94. The molecule has 0 aliphatic rings. The summed E-state index contributed by atoms with van der Waals surface area (Å²) in [6, 6.07) is 2.34. The van der Waals surface area contributed by atoms with E-state index in [0.29, 0.717) is 12.0 Å². The molecule has 0 atom stereocenters. The summed E-state index contributed by atoms with van der Waals surface area (Å²) >= 11 is 2.87. The van der Waals surface area contributed by atoms with Crippen molar-refractivity contribution in [2.45, 2.75) is 12.6 Å². The van der Waals surface area contributed by atoms with Crippen LogP contribution in [0, 0.1) is 0 Å². The van der Waals surface area contributed by atoms with E-state index in [4.69, 9.17) is 5.73 Å². The van der Waals surface area contributed by atoms with Crippen molar-refractivity contribution in [1.29, 1.82) is 0 Å². The van der Waals surface area contributed by atoms with Crippen molar-refractivity contribution in [1.82, 2.24) is 0 Å². The van der Waals surface area contributed by atoms with E-state index in [1.807, 2.05) is 0 Å². The van der Waals surface area contributed by atoms with Crippen LogP contribution in [0.5, 0.6) is 5.75 Å². The van der Waals surface area contributed by atoms with Gasteiger partial charge in [0, 0.05) is 0 Å². The minimum Gasteiger partial charge on any atom is -0.506 e. The maximum atomic E-state index is 12.4. The quantitative estimate of drug-likeness (QED) is 0.877. The van der Waals surface area contributed by atoms with Gasteiger partial charge in [0.1, 0.15) is 5.75 Å². The summed E-state index contributed by atoms with van der Waals surface area (Å²) in [7, 11) is 0. The topological polar surface area (TPSA) is 46.2 Å². The molecule has 0 bridgehead atoms. The Bertz CT molecular complexity index is 365. The molecule has 84 valence electrons. The summed E-state index contributed by atoms with van der Waals surface area (Å²) in [5.41, 5.74) is 4.65. The van der Waals surface area contributed by atoms with Gasteiger partial charge in [0.05, 0.1) is 10.0 Å². The van der Waals surface area contributed by atoms with Crippen molar-refractivity contribution in [3.8, 4) is 5.75 Å². The molecule has 3 N–H and O–H groups in total. The van der Waals surface area contributed by atoms with Crippen molar-refractivity contribution < 1.29 is 18.3 Å². The Balaban J connectivity index is 3.25. The van der Waals surface area contributed by atoms with E-state index < -0.39 is 17.5 Å². The Hall–Kier alpha value is -0.750. The van der Waals surface area contributed by atoms with Gasteiger partial charge >= 0.3 is 6.18 Å². The van der Waals surface area contributed by atoms with Crippen molar-refractivity contribution in [2.75, 3.05) is 6.54 Å². The van der Waals surface area contributed by atoms with Crippen LogP contribution in [-0.4, -0.2) is 11.7 Å². The van der Waals surface area contributed by atoms with E-state index in [2.05, 4.69) is 15.9 Å². The van der Waals surface area contributed by atoms with Crippen molar-refractivity contribution in [3.63, 3.8) is 0 Å². The number of phenols is 1. The molecule has 0 amide bonds. The summed E-state index contributed by atoms with van der Waals surface area (Å²) in [6.07, 6.45) is -4.22. The van der Waals surface area contributed by atoms with E-state index in [1.54, 1.807) is 0 Å². The molecular weight excluding hydrogens is 275 g/mol. The van der Waals surface area contributed by atoms with Crippen LogP contribution >= 0.6 is 15.9 Å². The number of hydrogen-bond donors (Lipinski definition) is 2. The lowest BCUT2D eigenvalue weighted by atomic mass is 10.1. The third kappa shape index (κ3) is 2.85. The van der Waals surface area contributed by atoms with E-state index >= 15 is 0 Å². The van der Waals surface area contributed by atoms with Gasteiger partial charge in [0.15, 0.2) is 0 Å². The van der Waals surface area contributed by atoms with Gasteiger partial charge in [0.25, 0.3) is 0 Å². The average molecular weight is 284 g/mol. The highest BCUT2D eigenvalue weighted by Crippen LogP contribution is 2.40. The molecular formula is C9H9BrF3NO. The Morgan fingerprint density at radius 1 is 1.33 bits per heavy atom. The average Bonchev–Trinajstić information content (AvgIpc) is 2.09. The van der Waals surface area contributed by atoms with Gasteiger partial charge < -0.3 is 10.8 Å². The Labute approximate surface area is 93.0 Å². The maximum absolute atomic E-state index is 12.4. The molecule has 1 aromatic carbocycles. The van der Waals surface area contributed by atoms with Gasteiger partial charge in [-0.1, -0.05) is 0 Å². The van der Waals surface area contributed by atoms with Crippen LogP contribution in [0.25, 0.3) is 0 Å². The maximum Gasteiger partial charge on any atom is 0.420 e. The monoisotopic (exact) mass is 283 g/mol. The van der Waals surface area contributed by atoms with Gasteiger partial charge in [-0.25, -0.2) is 0 Å². The molecule has 0 aromatic heterocycles. The Kier molecular flexibility index (Phi) is 3.62. The minimum atomic E-state index is -4.56. The fourth-order valence-corrected chi connectivity index (χ4v) is 1.69. The lowest BCUT2D eigenvalue weighted by Crippen LogP contribution is -2.08. The smallest absolute Gasteiger partial charge is 0.420 e. The molecule has 2 nitrogen and oxygen atoms in total. The zero-order valence-electron chi connectivity index (χ0n) is 7.61. The number of aromatic hydroxyl groups is 1. The van der Waals surface area contributed by atoms with Crippen LogP contribution in [0.2, 0.25) is 0 Å². The number of phenolic OH excluding ortho intramolecular Hbond substituents is 1. The van der Waals surface area contributed by atoms with Crippen LogP contribution in [0.3, 0.4) is 0 Å². The van der Waals surface area contributed by atoms with Crippen LogP contribution in [0.1, 0.15) is 11.1 Å². The highest BCUT2D eigenvalue weighted by atomic mass is 79.9. The van der Waals surface area contributed by atoms with E-state index in [-0.39, 0.29) is 11.0 Å². The molecule has 15 heavy (non-hydrogen) atoms. The van der Waals surface area contributed by atoms with E-state index in [1.165, 1.54) is 6.07 Å². The number of nitrogens with two attached hydrogens (primary N) is 1. The van der Waals surface area contributed by atoms with E-state index in [0.717, 1.165) is 6.07 Å². The fourth-order valence-electron chi connectivity index (χ4n) is 1.18. The highest BCUT2D eigenvalue weighted by Gasteiger charge is 2.35. The zero-order valence-corrected chi connectivity index (χ0v) is 9.19. The van der Waals surface area contributed by atoms with Crippen LogP contribution in [0.4, 0.5) is 13.2 Å². The van der Waals surface area contributed by atoms with Crippen molar-refractivity contribution in [2.24, 2.45) is 5.73 Å². The number of rotatable bonds is 2. The fraction of sp³-hybridized carbons (Fsp3) is 0.333. The summed E-state index contributed by atoms with van der Waals surface area (Å²) in [4.78, 5) is 0. The lowest BCUT2D eigenvalue weighted by molar-refractivity contribution is -0.138. The Morgan fingerprint density at radius 3 is 2.40 bits per heavy atom. The zero-order chi connectivity index (χ0) is 11.6. The first kappa shape index (κ1) is 12.3. The van der Waals surface area contributed by atoms with Gasteiger partial charge in [-0.3, -0.25) is 0 Å². The molecule has 0 aliphatic carbocycles. The third-order valence-electron chi connectivity index (χ3n) is 1.86. The second-order valence-electron chi connectivity index (χ2n) is 3.01. The number of benzene rings is 1. The van der Waals surface area contributed by atoms with Crippen LogP contribution in [0.15, 0.2) is 16.6 Å². The van der Waals surface area contributed by atoms with E-state index in [9.17, 15) is 18.3 Å². The molecule has 0 spiro atoms. The SMILES string of the molecule is NCCc1cc(Br)c(O)c(C(F)(F)F)c1. The molecule has 0 radical (unpaired) electrons. The molecule has 1 rings (SSSR count). The molecule has 6 heteroatoms. The van der Waals surface area contributed by atoms with Crippen molar-refractivity contribution >= 4 is 15.9 Å². The largest absolute Gasteiger partial charge is 0.506 e. The molecule has 0 heterocycles.